The lowest BCUT2D eigenvalue weighted by Gasteiger charge is -2.37. The molecule has 2 saturated heterocycles. The second kappa shape index (κ2) is 8.74. The number of amides is 1. The van der Waals surface area contributed by atoms with E-state index >= 15 is 0 Å². The molecule has 1 N–H and O–H groups in total. The number of benzene rings is 1. The molecular weight excluding hydrogens is 346 g/mol. The monoisotopic (exact) mass is 375 g/mol. The van der Waals surface area contributed by atoms with Crippen molar-refractivity contribution in [2.45, 2.75) is 44.6 Å². The van der Waals surface area contributed by atoms with Gasteiger partial charge in [0.1, 0.15) is 5.75 Å². The smallest absolute Gasteiger partial charge is 0.309 e. The summed E-state index contributed by atoms with van der Waals surface area (Å²) in [6, 6.07) is 7.70. The van der Waals surface area contributed by atoms with Gasteiger partial charge in [-0.2, -0.15) is 0 Å². The quantitative estimate of drug-likeness (QED) is 0.827. The van der Waals surface area contributed by atoms with Gasteiger partial charge in [-0.05, 0) is 49.3 Å². The van der Waals surface area contributed by atoms with Crippen LogP contribution in [0.4, 0.5) is 0 Å². The fourth-order valence-corrected chi connectivity index (χ4v) is 4.40. The Kier molecular flexibility index (Phi) is 6.37. The molecule has 0 spiro atoms. The molecule has 1 aromatic rings. The molecule has 2 unspecified atom stereocenters. The Bertz CT molecular complexity index is 651. The van der Waals surface area contributed by atoms with Crippen molar-refractivity contribution >= 4 is 11.9 Å². The van der Waals surface area contributed by atoms with E-state index in [-0.39, 0.29) is 23.8 Å². The highest BCUT2D eigenvalue weighted by atomic mass is 16.5. The third-order valence-corrected chi connectivity index (χ3v) is 5.99. The predicted molar refractivity (Wildman–Crippen MR) is 101 cm³/mol. The minimum Gasteiger partial charge on any atom is -0.497 e. The van der Waals surface area contributed by atoms with E-state index in [2.05, 4.69) is 0 Å². The van der Waals surface area contributed by atoms with E-state index < -0.39 is 11.9 Å². The van der Waals surface area contributed by atoms with E-state index in [4.69, 9.17) is 9.47 Å². The number of carboxylic acid groups (broad SMARTS) is 1. The van der Waals surface area contributed by atoms with E-state index in [1.165, 1.54) is 0 Å². The molecular formula is C21H29NO5. The van der Waals surface area contributed by atoms with Crippen LogP contribution in [0, 0.1) is 11.8 Å². The maximum absolute atomic E-state index is 13.1. The number of methoxy groups -OCH3 is 1. The van der Waals surface area contributed by atoms with Gasteiger partial charge in [0.15, 0.2) is 0 Å². The summed E-state index contributed by atoms with van der Waals surface area (Å²) < 4.78 is 10.9. The van der Waals surface area contributed by atoms with Gasteiger partial charge in [0.2, 0.25) is 5.91 Å². The summed E-state index contributed by atoms with van der Waals surface area (Å²) in [6.07, 6.45) is 2.74. The number of carbonyl (C=O) groups is 2. The molecule has 6 nitrogen and oxygen atoms in total. The third kappa shape index (κ3) is 4.26. The van der Waals surface area contributed by atoms with Crippen LogP contribution in [-0.4, -0.2) is 54.8 Å². The zero-order valence-corrected chi connectivity index (χ0v) is 16.1. The molecule has 0 radical (unpaired) electrons. The summed E-state index contributed by atoms with van der Waals surface area (Å²) in [5, 5.41) is 9.37. The Morgan fingerprint density at radius 1 is 1.22 bits per heavy atom. The average molecular weight is 375 g/mol. The molecule has 27 heavy (non-hydrogen) atoms. The second-order valence-electron chi connectivity index (χ2n) is 7.47. The highest BCUT2D eigenvalue weighted by molar-refractivity contribution is 5.83. The maximum atomic E-state index is 13.1. The van der Waals surface area contributed by atoms with Crippen molar-refractivity contribution in [2.24, 2.45) is 11.8 Å². The number of hydrogen-bond acceptors (Lipinski definition) is 4. The number of likely N-dealkylation sites (tertiary alicyclic amines) is 1. The standard InChI is InChI=1S/C21H29NO5/c1-3-17(14-4-6-16(26-2)7-5-14)20(23)22-11-8-15(9-12-22)19-18(21(24)25)10-13-27-19/h4-7,15,17-19H,3,8-13H2,1-2H3,(H,24,25)/t17?,18?,19-/m0/s1. The SMILES string of the molecule is CCC(C(=O)N1CCC([C@@H]2OCCC2C(=O)O)CC1)c1ccc(OC)cc1. The molecule has 2 heterocycles. The molecule has 148 valence electrons. The molecule has 2 aliphatic rings. The number of hydrogen-bond donors (Lipinski definition) is 1. The third-order valence-electron chi connectivity index (χ3n) is 5.99. The van der Waals surface area contributed by atoms with Gasteiger partial charge in [-0.15, -0.1) is 0 Å². The molecule has 2 fully saturated rings. The van der Waals surface area contributed by atoms with Crippen LogP contribution in [0.5, 0.6) is 5.75 Å². The molecule has 3 atom stereocenters. The minimum atomic E-state index is -0.762. The fourth-order valence-electron chi connectivity index (χ4n) is 4.40. The highest BCUT2D eigenvalue weighted by Crippen LogP contribution is 2.34. The Balaban J connectivity index is 1.60. The van der Waals surface area contributed by atoms with E-state index in [1.807, 2.05) is 36.1 Å². The fraction of sp³-hybridized carbons (Fsp3) is 0.619. The molecule has 1 aromatic carbocycles. The van der Waals surface area contributed by atoms with E-state index in [9.17, 15) is 14.7 Å². The second-order valence-corrected chi connectivity index (χ2v) is 7.47. The van der Waals surface area contributed by atoms with Gasteiger partial charge in [0.05, 0.1) is 25.0 Å². The van der Waals surface area contributed by atoms with Crippen molar-refractivity contribution in [2.75, 3.05) is 26.8 Å². The molecule has 6 heteroatoms. The Hall–Kier alpha value is -2.08. The number of aliphatic carboxylic acids is 1. The molecule has 0 aliphatic carbocycles. The first-order chi connectivity index (χ1) is 13.0. The molecule has 3 rings (SSSR count). The first kappa shape index (κ1) is 19.7. The largest absolute Gasteiger partial charge is 0.497 e. The van der Waals surface area contributed by atoms with Crippen LogP contribution in [0.2, 0.25) is 0 Å². The number of rotatable bonds is 6. The van der Waals surface area contributed by atoms with Crippen LogP contribution in [0.1, 0.15) is 44.1 Å². The Labute approximate surface area is 160 Å². The van der Waals surface area contributed by atoms with Gasteiger partial charge in [-0.25, -0.2) is 0 Å². The summed E-state index contributed by atoms with van der Waals surface area (Å²) in [5.74, 6) is -0.156. The van der Waals surface area contributed by atoms with Crippen LogP contribution in [0.25, 0.3) is 0 Å². The van der Waals surface area contributed by atoms with Crippen LogP contribution >= 0.6 is 0 Å². The van der Waals surface area contributed by atoms with Gasteiger partial charge in [-0.3, -0.25) is 9.59 Å². The molecule has 0 saturated carbocycles. The average Bonchev–Trinajstić information content (AvgIpc) is 3.19. The van der Waals surface area contributed by atoms with Gasteiger partial charge < -0.3 is 19.5 Å². The Morgan fingerprint density at radius 2 is 1.89 bits per heavy atom. The lowest BCUT2D eigenvalue weighted by Crippen LogP contribution is -2.44. The van der Waals surface area contributed by atoms with Crippen molar-refractivity contribution < 1.29 is 24.2 Å². The molecule has 1 amide bonds. The van der Waals surface area contributed by atoms with E-state index in [1.54, 1.807) is 7.11 Å². The maximum Gasteiger partial charge on any atom is 0.309 e. The lowest BCUT2D eigenvalue weighted by atomic mass is 9.83. The van der Waals surface area contributed by atoms with Crippen LogP contribution in [-0.2, 0) is 14.3 Å². The normalized spacial score (nSPS) is 24.6. The van der Waals surface area contributed by atoms with Crippen molar-refractivity contribution in [3.63, 3.8) is 0 Å². The zero-order valence-electron chi connectivity index (χ0n) is 16.1. The van der Waals surface area contributed by atoms with Gasteiger partial charge >= 0.3 is 5.97 Å². The number of ether oxygens (including phenoxy) is 2. The Morgan fingerprint density at radius 3 is 2.44 bits per heavy atom. The van der Waals surface area contributed by atoms with Crippen molar-refractivity contribution in [1.82, 2.24) is 4.90 Å². The van der Waals surface area contributed by atoms with Gasteiger partial charge in [0, 0.05) is 19.7 Å². The van der Waals surface area contributed by atoms with Crippen LogP contribution in [0.15, 0.2) is 24.3 Å². The van der Waals surface area contributed by atoms with Crippen molar-refractivity contribution in [3.05, 3.63) is 29.8 Å². The minimum absolute atomic E-state index is 0.151. The van der Waals surface area contributed by atoms with E-state index in [0.29, 0.717) is 26.1 Å². The van der Waals surface area contributed by atoms with Crippen LogP contribution < -0.4 is 4.74 Å². The zero-order chi connectivity index (χ0) is 19.4. The molecule has 0 bridgehead atoms. The summed E-state index contributed by atoms with van der Waals surface area (Å²) >= 11 is 0. The first-order valence-electron chi connectivity index (χ1n) is 9.82. The predicted octanol–water partition coefficient (Wildman–Crippen LogP) is 2.92. The summed E-state index contributed by atoms with van der Waals surface area (Å²) in [5.41, 5.74) is 1.01. The van der Waals surface area contributed by atoms with Crippen molar-refractivity contribution in [1.29, 1.82) is 0 Å². The van der Waals surface area contributed by atoms with Crippen molar-refractivity contribution in [3.8, 4) is 5.75 Å². The molecule has 2 aliphatic heterocycles. The summed E-state index contributed by atoms with van der Waals surface area (Å²) in [6.45, 7) is 3.89. The van der Waals surface area contributed by atoms with Gasteiger partial charge in [-0.1, -0.05) is 19.1 Å². The number of carboxylic acids is 1. The van der Waals surface area contributed by atoms with Gasteiger partial charge in [0.25, 0.3) is 0 Å². The van der Waals surface area contributed by atoms with Crippen LogP contribution in [0.3, 0.4) is 0 Å². The molecule has 0 aromatic heterocycles. The number of carbonyl (C=O) groups excluding carboxylic acids is 1. The van der Waals surface area contributed by atoms with E-state index in [0.717, 1.165) is 30.6 Å². The topological polar surface area (TPSA) is 76.1 Å². The number of piperidine rings is 1. The summed E-state index contributed by atoms with van der Waals surface area (Å²) in [7, 11) is 1.63. The lowest BCUT2D eigenvalue weighted by molar-refractivity contribution is -0.146. The summed E-state index contributed by atoms with van der Waals surface area (Å²) in [4.78, 5) is 26.4. The highest BCUT2D eigenvalue weighted by Gasteiger charge is 2.41. The number of nitrogens with zero attached hydrogens (tertiary/aromatic N) is 1. The first-order valence-corrected chi connectivity index (χ1v) is 9.82.